The average Bonchev–Trinajstić information content (AvgIpc) is 3.07. The van der Waals surface area contributed by atoms with Gasteiger partial charge in [-0.2, -0.15) is 0 Å². The fourth-order valence-electron chi connectivity index (χ4n) is 2.60. The number of benzene rings is 2. The van der Waals surface area contributed by atoms with E-state index in [-0.39, 0.29) is 18.5 Å². The minimum Gasteiger partial charge on any atom is -0.454 e. The summed E-state index contributed by atoms with van der Waals surface area (Å²) in [7, 11) is 1.83. The summed E-state index contributed by atoms with van der Waals surface area (Å²) in [6, 6.07) is 11.9. The molecule has 2 aromatic rings. The summed E-state index contributed by atoms with van der Waals surface area (Å²) in [5.74, 6) is 0.618. The molecule has 126 valence electrons. The van der Waals surface area contributed by atoms with Gasteiger partial charge < -0.3 is 19.7 Å². The Morgan fingerprint density at radius 3 is 2.88 bits per heavy atom. The van der Waals surface area contributed by atoms with E-state index in [4.69, 9.17) is 9.47 Å². The van der Waals surface area contributed by atoms with E-state index in [0.29, 0.717) is 42.3 Å². The van der Waals surface area contributed by atoms with Gasteiger partial charge in [0.25, 0.3) is 5.91 Å². The molecule has 0 atom stereocenters. The first kappa shape index (κ1) is 16.1. The number of fused-ring (bicyclic) bond motifs is 1. The SMILES string of the molecule is CN(CCCNC(=O)c1cccc2c1OCO2)c1ccccc1F. The Morgan fingerprint density at radius 1 is 1.21 bits per heavy atom. The van der Waals surface area contributed by atoms with Crippen LogP contribution in [0.4, 0.5) is 10.1 Å². The van der Waals surface area contributed by atoms with Crippen LogP contribution in [0.25, 0.3) is 0 Å². The highest BCUT2D eigenvalue weighted by atomic mass is 19.1. The minimum atomic E-state index is -0.249. The van der Waals surface area contributed by atoms with E-state index in [0.717, 1.165) is 0 Å². The number of ether oxygens (including phenoxy) is 2. The fourth-order valence-corrected chi connectivity index (χ4v) is 2.60. The van der Waals surface area contributed by atoms with E-state index in [9.17, 15) is 9.18 Å². The summed E-state index contributed by atoms with van der Waals surface area (Å²) in [5, 5.41) is 2.86. The van der Waals surface area contributed by atoms with Gasteiger partial charge in [0.2, 0.25) is 6.79 Å². The summed E-state index contributed by atoms with van der Waals surface area (Å²) in [6.07, 6.45) is 0.697. The second-order valence-corrected chi connectivity index (χ2v) is 5.52. The number of nitrogens with zero attached hydrogens (tertiary/aromatic N) is 1. The van der Waals surface area contributed by atoms with Gasteiger partial charge >= 0.3 is 0 Å². The van der Waals surface area contributed by atoms with Crippen LogP contribution < -0.4 is 19.7 Å². The Bertz CT molecular complexity index is 736. The molecule has 24 heavy (non-hydrogen) atoms. The zero-order valence-electron chi connectivity index (χ0n) is 13.4. The van der Waals surface area contributed by atoms with Gasteiger partial charge in [-0.1, -0.05) is 18.2 Å². The van der Waals surface area contributed by atoms with Crippen molar-refractivity contribution in [3.05, 3.63) is 53.8 Å². The molecule has 1 heterocycles. The Kier molecular flexibility index (Phi) is 4.84. The minimum absolute atomic E-state index is 0.132. The lowest BCUT2D eigenvalue weighted by Gasteiger charge is -2.19. The lowest BCUT2D eigenvalue weighted by Crippen LogP contribution is -2.28. The van der Waals surface area contributed by atoms with E-state index >= 15 is 0 Å². The van der Waals surface area contributed by atoms with Gasteiger partial charge in [0.05, 0.1) is 11.3 Å². The molecule has 0 bridgehead atoms. The predicted octanol–water partition coefficient (Wildman–Crippen LogP) is 2.81. The second kappa shape index (κ2) is 7.21. The van der Waals surface area contributed by atoms with E-state index < -0.39 is 0 Å². The Hall–Kier alpha value is -2.76. The number of carbonyl (C=O) groups excluding carboxylic acids is 1. The third-order valence-electron chi connectivity index (χ3n) is 3.86. The van der Waals surface area contributed by atoms with Gasteiger partial charge in [0.1, 0.15) is 5.82 Å². The molecule has 0 saturated heterocycles. The van der Waals surface area contributed by atoms with Crippen molar-refractivity contribution in [1.29, 1.82) is 0 Å². The van der Waals surface area contributed by atoms with Crippen molar-refractivity contribution in [2.75, 3.05) is 31.8 Å². The van der Waals surface area contributed by atoms with Crippen molar-refractivity contribution in [1.82, 2.24) is 5.32 Å². The zero-order chi connectivity index (χ0) is 16.9. The molecule has 1 aliphatic heterocycles. The normalized spacial score (nSPS) is 12.1. The first-order chi connectivity index (χ1) is 11.7. The Morgan fingerprint density at radius 2 is 2.04 bits per heavy atom. The Labute approximate surface area is 140 Å². The average molecular weight is 330 g/mol. The molecule has 1 N–H and O–H groups in total. The van der Waals surface area contributed by atoms with Crippen molar-refractivity contribution in [2.24, 2.45) is 0 Å². The standard InChI is InChI=1S/C18H19FN2O3/c1-21(15-8-3-2-7-14(15)19)11-5-10-20-18(22)13-6-4-9-16-17(13)24-12-23-16/h2-4,6-9H,5,10-12H2,1H3,(H,20,22). The molecule has 1 amide bonds. The van der Waals surface area contributed by atoms with Crippen molar-refractivity contribution in [2.45, 2.75) is 6.42 Å². The number of halogens is 1. The third kappa shape index (κ3) is 3.42. The number of anilines is 1. The highest BCUT2D eigenvalue weighted by Gasteiger charge is 2.21. The van der Waals surface area contributed by atoms with Crippen molar-refractivity contribution < 1.29 is 18.7 Å². The molecule has 0 spiro atoms. The zero-order valence-corrected chi connectivity index (χ0v) is 13.4. The molecule has 2 aromatic carbocycles. The van der Waals surface area contributed by atoms with Crippen LogP contribution in [0.3, 0.4) is 0 Å². The highest BCUT2D eigenvalue weighted by molar-refractivity contribution is 5.97. The number of hydrogen-bond acceptors (Lipinski definition) is 4. The molecule has 0 radical (unpaired) electrons. The van der Waals surface area contributed by atoms with Crippen molar-refractivity contribution in [3.8, 4) is 11.5 Å². The number of carbonyl (C=O) groups is 1. The van der Waals surface area contributed by atoms with E-state index in [2.05, 4.69) is 5.32 Å². The van der Waals surface area contributed by atoms with Crippen molar-refractivity contribution >= 4 is 11.6 Å². The highest BCUT2D eigenvalue weighted by Crippen LogP contribution is 2.35. The lowest BCUT2D eigenvalue weighted by molar-refractivity contribution is 0.0948. The van der Waals surface area contributed by atoms with Gasteiger partial charge in [0.15, 0.2) is 11.5 Å². The first-order valence-electron chi connectivity index (χ1n) is 7.79. The molecule has 0 aliphatic carbocycles. The molecular weight excluding hydrogens is 311 g/mol. The molecule has 5 nitrogen and oxygen atoms in total. The van der Waals surface area contributed by atoms with Crippen LogP contribution in [0.2, 0.25) is 0 Å². The van der Waals surface area contributed by atoms with Crippen LogP contribution in [0.5, 0.6) is 11.5 Å². The molecular formula is C18H19FN2O3. The fraction of sp³-hybridized carbons (Fsp3) is 0.278. The van der Waals surface area contributed by atoms with Gasteiger partial charge in [-0.05, 0) is 30.7 Å². The molecule has 1 aliphatic rings. The topological polar surface area (TPSA) is 50.8 Å². The maximum atomic E-state index is 13.7. The molecule has 0 aromatic heterocycles. The second-order valence-electron chi connectivity index (χ2n) is 5.52. The van der Waals surface area contributed by atoms with Crippen LogP contribution in [0.1, 0.15) is 16.8 Å². The molecule has 6 heteroatoms. The summed E-state index contributed by atoms with van der Waals surface area (Å²) in [6.45, 7) is 1.25. The number of nitrogens with one attached hydrogen (secondary N) is 1. The molecule has 0 fully saturated rings. The predicted molar refractivity (Wildman–Crippen MR) is 89.2 cm³/mol. The van der Waals surface area contributed by atoms with Crippen molar-refractivity contribution in [3.63, 3.8) is 0 Å². The quantitative estimate of drug-likeness (QED) is 0.828. The van der Waals surface area contributed by atoms with Crippen LogP contribution in [0, 0.1) is 5.82 Å². The summed E-state index contributed by atoms with van der Waals surface area (Å²) >= 11 is 0. The number of amides is 1. The van der Waals surface area contributed by atoms with Crippen LogP contribution in [-0.4, -0.2) is 32.8 Å². The van der Waals surface area contributed by atoms with Crippen LogP contribution >= 0.6 is 0 Å². The summed E-state index contributed by atoms with van der Waals surface area (Å²) in [4.78, 5) is 14.1. The molecule has 3 rings (SSSR count). The first-order valence-corrected chi connectivity index (χ1v) is 7.79. The number of rotatable bonds is 6. The van der Waals surface area contributed by atoms with Gasteiger partial charge in [0, 0.05) is 20.1 Å². The maximum absolute atomic E-state index is 13.7. The van der Waals surface area contributed by atoms with Gasteiger partial charge in [-0.25, -0.2) is 4.39 Å². The van der Waals surface area contributed by atoms with E-state index in [1.54, 1.807) is 36.4 Å². The van der Waals surface area contributed by atoms with E-state index in [1.807, 2.05) is 11.9 Å². The summed E-state index contributed by atoms with van der Waals surface area (Å²) in [5.41, 5.74) is 1.02. The Balaban J connectivity index is 1.50. The van der Waals surface area contributed by atoms with Crippen LogP contribution in [-0.2, 0) is 0 Å². The van der Waals surface area contributed by atoms with Crippen LogP contribution in [0.15, 0.2) is 42.5 Å². The molecule has 0 saturated carbocycles. The van der Waals surface area contributed by atoms with Gasteiger partial charge in [-0.15, -0.1) is 0 Å². The molecule has 0 unspecified atom stereocenters. The monoisotopic (exact) mass is 330 g/mol. The third-order valence-corrected chi connectivity index (χ3v) is 3.86. The smallest absolute Gasteiger partial charge is 0.255 e. The lowest BCUT2D eigenvalue weighted by atomic mass is 10.1. The largest absolute Gasteiger partial charge is 0.454 e. The number of hydrogen-bond donors (Lipinski definition) is 1. The van der Waals surface area contributed by atoms with Gasteiger partial charge in [-0.3, -0.25) is 4.79 Å². The maximum Gasteiger partial charge on any atom is 0.255 e. The van der Waals surface area contributed by atoms with E-state index in [1.165, 1.54) is 6.07 Å². The number of para-hydroxylation sites is 2. The summed E-state index contributed by atoms with van der Waals surface area (Å²) < 4.78 is 24.3.